The molecule has 0 fully saturated rings. The lowest BCUT2D eigenvalue weighted by Crippen LogP contribution is -2.28. The average Bonchev–Trinajstić information content (AvgIpc) is 1.84. The van der Waals surface area contributed by atoms with E-state index in [9.17, 15) is 8.42 Å². The van der Waals surface area contributed by atoms with Gasteiger partial charge in [0, 0.05) is 12.6 Å². The van der Waals surface area contributed by atoms with Crippen molar-refractivity contribution < 1.29 is 13.2 Å². The first-order chi connectivity index (χ1) is 5.48. The maximum atomic E-state index is 11.2. The molecule has 0 aromatic rings. The molecule has 0 aliphatic rings. The van der Waals surface area contributed by atoms with Crippen molar-refractivity contribution in [1.82, 2.24) is 0 Å². The van der Waals surface area contributed by atoms with Crippen LogP contribution in [0, 0.1) is 0 Å². The SMILES string of the molecule is CCOCCS(=O)(=O)CC(C)N. The van der Waals surface area contributed by atoms with Crippen molar-refractivity contribution in [2.24, 2.45) is 5.73 Å². The third-order valence-corrected chi connectivity index (χ3v) is 3.08. The lowest BCUT2D eigenvalue weighted by molar-refractivity contribution is 0.163. The van der Waals surface area contributed by atoms with Gasteiger partial charge in [0.2, 0.25) is 0 Å². The average molecular weight is 195 g/mol. The topological polar surface area (TPSA) is 69.4 Å². The molecule has 0 spiro atoms. The molecule has 0 heterocycles. The lowest BCUT2D eigenvalue weighted by atomic mass is 10.4. The summed E-state index contributed by atoms with van der Waals surface area (Å²) in [6, 6.07) is -0.295. The molecule has 0 aliphatic carbocycles. The van der Waals surface area contributed by atoms with Crippen LogP contribution in [-0.2, 0) is 14.6 Å². The van der Waals surface area contributed by atoms with Gasteiger partial charge in [-0.25, -0.2) is 8.42 Å². The molecule has 0 aromatic heterocycles. The molecule has 1 unspecified atom stereocenters. The number of ether oxygens (including phenoxy) is 1. The molecular weight excluding hydrogens is 178 g/mol. The van der Waals surface area contributed by atoms with Crippen LogP contribution in [0.5, 0.6) is 0 Å². The third-order valence-electron chi connectivity index (χ3n) is 1.26. The van der Waals surface area contributed by atoms with Crippen molar-refractivity contribution in [3.8, 4) is 0 Å². The smallest absolute Gasteiger partial charge is 0.154 e. The van der Waals surface area contributed by atoms with Crippen molar-refractivity contribution in [3.05, 3.63) is 0 Å². The molecule has 0 saturated heterocycles. The highest BCUT2D eigenvalue weighted by Crippen LogP contribution is 1.93. The van der Waals surface area contributed by atoms with Gasteiger partial charge in [0.05, 0.1) is 18.1 Å². The van der Waals surface area contributed by atoms with E-state index in [0.717, 1.165) is 0 Å². The molecular formula is C7H17NO3S. The summed E-state index contributed by atoms with van der Waals surface area (Å²) in [7, 11) is -3.00. The Bertz CT molecular complexity index is 199. The molecule has 74 valence electrons. The van der Waals surface area contributed by atoms with E-state index < -0.39 is 9.84 Å². The van der Waals surface area contributed by atoms with Gasteiger partial charge in [0.25, 0.3) is 0 Å². The van der Waals surface area contributed by atoms with E-state index in [0.29, 0.717) is 6.61 Å². The van der Waals surface area contributed by atoms with Crippen LogP contribution in [-0.4, -0.2) is 39.2 Å². The molecule has 0 rings (SSSR count). The Morgan fingerprint density at radius 3 is 2.50 bits per heavy atom. The summed E-state index contributed by atoms with van der Waals surface area (Å²) in [6.45, 7) is 4.33. The van der Waals surface area contributed by atoms with Crippen LogP contribution >= 0.6 is 0 Å². The maximum Gasteiger partial charge on any atom is 0.154 e. The van der Waals surface area contributed by atoms with E-state index in [4.69, 9.17) is 10.5 Å². The van der Waals surface area contributed by atoms with Gasteiger partial charge in [-0.05, 0) is 13.8 Å². The van der Waals surface area contributed by atoms with E-state index in [1.54, 1.807) is 6.92 Å². The van der Waals surface area contributed by atoms with Crippen molar-refractivity contribution in [2.75, 3.05) is 24.7 Å². The van der Waals surface area contributed by atoms with Gasteiger partial charge >= 0.3 is 0 Å². The van der Waals surface area contributed by atoms with Gasteiger partial charge in [-0.2, -0.15) is 0 Å². The quantitative estimate of drug-likeness (QED) is 0.595. The van der Waals surface area contributed by atoms with Gasteiger partial charge in [-0.3, -0.25) is 0 Å². The molecule has 0 aromatic carbocycles. The fourth-order valence-electron chi connectivity index (χ4n) is 0.814. The Morgan fingerprint density at radius 2 is 2.08 bits per heavy atom. The van der Waals surface area contributed by atoms with Crippen molar-refractivity contribution in [1.29, 1.82) is 0 Å². The largest absolute Gasteiger partial charge is 0.381 e. The zero-order valence-electron chi connectivity index (χ0n) is 7.62. The van der Waals surface area contributed by atoms with Crippen molar-refractivity contribution in [2.45, 2.75) is 19.9 Å². The molecule has 2 N–H and O–H groups in total. The van der Waals surface area contributed by atoms with Gasteiger partial charge in [0.1, 0.15) is 0 Å². The summed E-state index contributed by atoms with van der Waals surface area (Å²) in [5.74, 6) is 0.114. The van der Waals surface area contributed by atoms with Crippen LogP contribution in [0.2, 0.25) is 0 Å². The van der Waals surface area contributed by atoms with Crippen LogP contribution in [0.3, 0.4) is 0 Å². The first-order valence-electron chi connectivity index (χ1n) is 4.01. The van der Waals surface area contributed by atoms with E-state index in [-0.39, 0.29) is 24.2 Å². The molecule has 0 saturated carbocycles. The Kier molecular flexibility index (Phi) is 5.44. The zero-order valence-corrected chi connectivity index (χ0v) is 8.43. The Hall–Kier alpha value is -0.130. The first-order valence-corrected chi connectivity index (χ1v) is 5.84. The second-order valence-electron chi connectivity index (χ2n) is 2.79. The lowest BCUT2D eigenvalue weighted by Gasteiger charge is -2.06. The first kappa shape index (κ1) is 11.9. The second-order valence-corrected chi connectivity index (χ2v) is 5.02. The predicted octanol–water partition coefficient (Wildman–Crippen LogP) is -0.215. The van der Waals surface area contributed by atoms with E-state index in [2.05, 4.69) is 0 Å². The number of sulfone groups is 1. The standard InChI is InChI=1S/C7H17NO3S/c1-3-11-4-5-12(9,10)6-7(2)8/h7H,3-6,8H2,1-2H3. The normalized spacial score (nSPS) is 14.6. The van der Waals surface area contributed by atoms with E-state index in [1.807, 2.05) is 6.92 Å². The van der Waals surface area contributed by atoms with Crippen molar-refractivity contribution in [3.63, 3.8) is 0 Å². The van der Waals surface area contributed by atoms with Gasteiger partial charge in [-0.15, -0.1) is 0 Å². The summed E-state index contributed by atoms with van der Waals surface area (Å²) in [5.41, 5.74) is 5.36. The molecule has 1 atom stereocenters. The zero-order chi connectivity index (χ0) is 9.61. The number of rotatable bonds is 6. The molecule has 0 radical (unpaired) electrons. The second kappa shape index (κ2) is 5.50. The third kappa shape index (κ3) is 6.57. The fraction of sp³-hybridized carbons (Fsp3) is 1.00. The Balaban J connectivity index is 3.73. The summed E-state index contributed by atoms with van der Waals surface area (Å²) in [4.78, 5) is 0. The van der Waals surface area contributed by atoms with Crippen LogP contribution in [0.1, 0.15) is 13.8 Å². The minimum absolute atomic E-state index is 0.0417. The Labute approximate surface area is 74.0 Å². The summed E-state index contributed by atoms with van der Waals surface area (Å²) in [6.07, 6.45) is 0. The fourth-order valence-corrected chi connectivity index (χ4v) is 2.15. The molecule has 0 amide bonds. The highest BCUT2D eigenvalue weighted by atomic mass is 32.2. The van der Waals surface area contributed by atoms with Crippen LogP contribution in [0.15, 0.2) is 0 Å². The molecule has 0 aliphatic heterocycles. The number of hydrogen-bond acceptors (Lipinski definition) is 4. The Morgan fingerprint density at radius 1 is 1.50 bits per heavy atom. The van der Waals surface area contributed by atoms with Gasteiger partial charge < -0.3 is 10.5 Å². The number of hydrogen-bond donors (Lipinski definition) is 1. The van der Waals surface area contributed by atoms with Crippen LogP contribution in [0.4, 0.5) is 0 Å². The molecule has 4 nitrogen and oxygen atoms in total. The van der Waals surface area contributed by atoms with Crippen LogP contribution < -0.4 is 5.73 Å². The highest BCUT2D eigenvalue weighted by Gasteiger charge is 2.12. The minimum Gasteiger partial charge on any atom is -0.381 e. The highest BCUT2D eigenvalue weighted by molar-refractivity contribution is 7.91. The molecule has 5 heteroatoms. The summed E-state index contributed by atoms with van der Waals surface area (Å²) >= 11 is 0. The number of nitrogens with two attached hydrogens (primary N) is 1. The van der Waals surface area contributed by atoms with Gasteiger partial charge in [0.15, 0.2) is 9.84 Å². The minimum atomic E-state index is -3.00. The monoisotopic (exact) mass is 195 g/mol. The van der Waals surface area contributed by atoms with Crippen molar-refractivity contribution >= 4 is 9.84 Å². The molecule has 0 bridgehead atoms. The van der Waals surface area contributed by atoms with Gasteiger partial charge in [-0.1, -0.05) is 0 Å². The summed E-state index contributed by atoms with van der Waals surface area (Å²) < 4.78 is 27.2. The van der Waals surface area contributed by atoms with Crippen LogP contribution in [0.25, 0.3) is 0 Å². The maximum absolute atomic E-state index is 11.2. The van der Waals surface area contributed by atoms with E-state index >= 15 is 0 Å². The van der Waals surface area contributed by atoms with E-state index in [1.165, 1.54) is 0 Å². The predicted molar refractivity (Wildman–Crippen MR) is 48.8 cm³/mol. The molecule has 12 heavy (non-hydrogen) atoms. The summed E-state index contributed by atoms with van der Waals surface area (Å²) in [5, 5.41) is 0.